The molecule has 0 aliphatic heterocycles. The summed E-state index contributed by atoms with van der Waals surface area (Å²) in [6, 6.07) is 23.0. The van der Waals surface area contributed by atoms with Crippen LogP contribution < -0.4 is 4.90 Å². The molecule has 1 saturated carbocycles. The Labute approximate surface area is 207 Å². The van der Waals surface area contributed by atoms with E-state index in [0.717, 1.165) is 18.4 Å². The van der Waals surface area contributed by atoms with Crippen molar-refractivity contribution in [1.82, 2.24) is 4.90 Å². The van der Waals surface area contributed by atoms with E-state index in [9.17, 15) is 18.0 Å². The van der Waals surface area contributed by atoms with Gasteiger partial charge in [0, 0.05) is 30.9 Å². The van der Waals surface area contributed by atoms with E-state index in [1.165, 1.54) is 11.8 Å². The first kappa shape index (κ1) is 24.7. The Bertz CT molecular complexity index is 1320. The topological polar surface area (TPSA) is 74.8 Å². The molecule has 1 aliphatic rings. The van der Waals surface area contributed by atoms with Gasteiger partial charge in [0.2, 0.25) is 5.91 Å². The van der Waals surface area contributed by atoms with Gasteiger partial charge >= 0.3 is 0 Å². The summed E-state index contributed by atoms with van der Waals surface area (Å²) in [6.45, 7) is 3.41. The van der Waals surface area contributed by atoms with Gasteiger partial charge in [0.05, 0.1) is 16.7 Å². The van der Waals surface area contributed by atoms with Crippen LogP contribution in [0.25, 0.3) is 0 Å². The second-order valence-corrected chi connectivity index (χ2v) is 11.2. The van der Waals surface area contributed by atoms with Crippen molar-refractivity contribution in [2.75, 3.05) is 17.7 Å². The lowest BCUT2D eigenvalue weighted by atomic mass is 10.1. The van der Waals surface area contributed by atoms with Crippen LogP contribution in [0.2, 0.25) is 0 Å². The third-order valence-corrected chi connectivity index (χ3v) is 8.36. The zero-order valence-electron chi connectivity index (χ0n) is 20.2. The summed E-state index contributed by atoms with van der Waals surface area (Å²) >= 11 is 0. The third-order valence-electron chi connectivity index (χ3n) is 6.46. The first-order valence-electron chi connectivity index (χ1n) is 11.7. The number of hydrogen-bond acceptors (Lipinski definition) is 4. The van der Waals surface area contributed by atoms with Crippen LogP contribution in [0.5, 0.6) is 0 Å². The second-order valence-electron chi connectivity index (χ2n) is 9.13. The van der Waals surface area contributed by atoms with E-state index in [1.807, 2.05) is 37.3 Å². The molecule has 0 saturated heterocycles. The molecular formula is C28H30N2O4S. The lowest BCUT2D eigenvalue weighted by Gasteiger charge is -2.26. The largest absolute Gasteiger partial charge is 0.335 e. The number of nitrogens with zero attached hydrogens (tertiary/aromatic N) is 2. The molecule has 1 aliphatic carbocycles. The van der Waals surface area contributed by atoms with E-state index in [-0.39, 0.29) is 34.4 Å². The highest BCUT2D eigenvalue weighted by molar-refractivity contribution is 7.91. The van der Waals surface area contributed by atoms with Crippen LogP contribution >= 0.6 is 0 Å². The minimum atomic E-state index is -3.34. The summed E-state index contributed by atoms with van der Waals surface area (Å²) < 4.78 is 25.2. The van der Waals surface area contributed by atoms with E-state index >= 15 is 0 Å². The molecule has 3 aromatic rings. The van der Waals surface area contributed by atoms with Gasteiger partial charge in [0.15, 0.2) is 9.84 Å². The highest BCUT2D eigenvalue weighted by Gasteiger charge is 2.29. The summed E-state index contributed by atoms with van der Waals surface area (Å²) in [5.74, 6) is 0.0285. The molecule has 1 fully saturated rings. The molecule has 0 N–H and O–H groups in total. The Hall–Kier alpha value is -3.45. The minimum Gasteiger partial charge on any atom is -0.335 e. The number of rotatable bonds is 8. The van der Waals surface area contributed by atoms with Crippen molar-refractivity contribution < 1.29 is 18.0 Å². The Kier molecular flexibility index (Phi) is 7.08. The van der Waals surface area contributed by atoms with E-state index < -0.39 is 9.84 Å². The number of carbonyl (C=O) groups excluding carboxylic acids is 2. The van der Waals surface area contributed by atoms with Crippen LogP contribution in [-0.2, 0) is 14.6 Å². The smallest absolute Gasteiger partial charge is 0.254 e. The zero-order valence-corrected chi connectivity index (χ0v) is 21.0. The molecule has 3 aromatic carbocycles. The maximum absolute atomic E-state index is 13.2. The van der Waals surface area contributed by atoms with Crippen molar-refractivity contribution in [2.24, 2.45) is 5.92 Å². The molecule has 0 unspecified atom stereocenters. The molecule has 0 heterocycles. The van der Waals surface area contributed by atoms with E-state index in [4.69, 9.17) is 0 Å². The highest BCUT2D eigenvalue weighted by Crippen LogP contribution is 2.33. The summed E-state index contributed by atoms with van der Waals surface area (Å²) in [7, 11) is -1.58. The Morgan fingerprint density at radius 1 is 0.914 bits per heavy atom. The Morgan fingerprint density at radius 3 is 2.17 bits per heavy atom. The first-order chi connectivity index (χ1) is 16.7. The molecule has 4 rings (SSSR count). The van der Waals surface area contributed by atoms with E-state index in [2.05, 4.69) is 0 Å². The van der Waals surface area contributed by atoms with Gasteiger partial charge in [-0.15, -0.1) is 0 Å². The predicted molar refractivity (Wildman–Crippen MR) is 137 cm³/mol. The zero-order chi connectivity index (χ0) is 25.2. The van der Waals surface area contributed by atoms with Crippen LogP contribution in [-0.4, -0.2) is 37.9 Å². The van der Waals surface area contributed by atoms with Gasteiger partial charge in [-0.25, -0.2) is 8.42 Å². The number of carbonyl (C=O) groups is 2. The van der Waals surface area contributed by atoms with Crippen LogP contribution in [0.4, 0.5) is 11.4 Å². The van der Waals surface area contributed by atoms with Crippen molar-refractivity contribution in [1.29, 1.82) is 0 Å². The van der Waals surface area contributed by atoms with Crippen molar-refractivity contribution >= 4 is 33.0 Å². The number of sulfone groups is 1. The molecule has 6 nitrogen and oxygen atoms in total. The quantitative estimate of drug-likeness (QED) is 0.424. The van der Waals surface area contributed by atoms with Gasteiger partial charge in [-0.1, -0.05) is 36.4 Å². The number of anilines is 2. The predicted octanol–water partition coefficient (Wildman–Crippen LogP) is 5.39. The van der Waals surface area contributed by atoms with Crippen molar-refractivity contribution in [3.8, 4) is 0 Å². The molecule has 7 heteroatoms. The highest BCUT2D eigenvalue weighted by atomic mass is 32.2. The third kappa shape index (κ3) is 5.62. The van der Waals surface area contributed by atoms with E-state index in [0.29, 0.717) is 16.9 Å². The monoisotopic (exact) mass is 490 g/mol. The van der Waals surface area contributed by atoms with Crippen LogP contribution in [0, 0.1) is 5.92 Å². The molecular weight excluding hydrogens is 460 g/mol. The second kappa shape index (κ2) is 10.0. The molecule has 0 aromatic heterocycles. The fourth-order valence-corrected chi connectivity index (χ4v) is 5.82. The molecule has 0 radical (unpaired) electrons. The van der Waals surface area contributed by atoms with E-state index in [1.54, 1.807) is 60.5 Å². The lowest BCUT2D eigenvalue weighted by molar-refractivity contribution is -0.115. The Morgan fingerprint density at radius 2 is 1.57 bits per heavy atom. The number of hydrogen-bond donors (Lipinski definition) is 0. The number of amides is 2. The standard InChI is InChI=1S/C28H30N2O4S/c1-20(23-8-5-4-6-9-23)29(3)28(32)24-10-7-11-26(18-24)30(21(2)31)25-14-16-27(17-15-25)35(33,34)19-22-12-13-22/h4-11,14-18,20,22H,12-13,19H2,1-3H3/t20-/m0/s1. The van der Waals surface area contributed by atoms with Crippen LogP contribution in [0.3, 0.4) is 0 Å². The molecule has 35 heavy (non-hydrogen) atoms. The number of benzene rings is 3. The Balaban J connectivity index is 1.58. The van der Waals surface area contributed by atoms with Gasteiger partial charge in [-0.2, -0.15) is 0 Å². The van der Waals surface area contributed by atoms with Gasteiger partial charge in [0.25, 0.3) is 5.91 Å². The van der Waals surface area contributed by atoms with Crippen LogP contribution in [0.15, 0.2) is 83.8 Å². The molecule has 1 atom stereocenters. The minimum absolute atomic E-state index is 0.124. The maximum Gasteiger partial charge on any atom is 0.254 e. The summed E-state index contributed by atoms with van der Waals surface area (Å²) in [6.07, 6.45) is 1.92. The summed E-state index contributed by atoms with van der Waals surface area (Å²) in [5.41, 5.74) is 2.57. The molecule has 182 valence electrons. The average Bonchev–Trinajstić information content (AvgIpc) is 3.67. The van der Waals surface area contributed by atoms with Gasteiger partial charge in [-0.3, -0.25) is 14.5 Å². The summed E-state index contributed by atoms with van der Waals surface area (Å²) in [5, 5.41) is 0. The average molecular weight is 491 g/mol. The van der Waals surface area contributed by atoms with Crippen molar-refractivity contribution in [3.05, 3.63) is 90.0 Å². The first-order valence-corrected chi connectivity index (χ1v) is 13.4. The van der Waals surface area contributed by atoms with Gasteiger partial charge in [-0.05, 0) is 73.7 Å². The SMILES string of the molecule is CC(=O)N(c1ccc(S(=O)(=O)CC2CC2)cc1)c1cccc(C(=O)N(C)[C@@H](C)c2ccccc2)c1. The van der Waals surface area contributed by atoms with Gasteiger partial charge in [0.1, 0.15) is 0 Å². The molecule has 2 amide bonds. The fourth-order valence-electron chi connectivity index (χ4n) is 4.12. The summed E-state index contributed by atoms with van der Waals surface area (Å²) in [4.78, 5) is 29.3. The molecule has 0 bridgehead atoms. The van der Waals surface area contributed by atoms with Crippen LogP contribution in [0.1, 0.15) is 48.7 Å². The van der Waals surface area contributed by atoms with Crippen molar-refractivity contribution in [3.63, 3.8) is 0 Å². The fraction of sp³-hybridized carbons (Fsp3) is 0.286. The maximum atomic E-state index is 13.2. The van der Waals surface area contributed by atoms with Crippen molar-refractivity contribution in [2.45, 2.75) is 37.6 Å². The normalized spacial score (nSPS) is 14.3. The van der Waals surface area contributed by atoms with Gasteiger partial charge < -0.3 is 4.90 Å². The molecule has 0 spiro atoms. The lowest BCUT2D eigenvalue weighted by Crippen LogP contribution is -2.30.